The highest BCUT2D eigenvalue weighted by molar-refractivity contribution is 7.92. The second kappa shape index (κ2) is 8.24. The molecule has 0 atom stereocenters. The van der Waals surface area contributed by atoms with Crippen LogP contribution in [-0.4, -0.2) is 42.6 Å². The number of hydrogen-bond acceptors (Lipinski definition) is 9. The molecular formula is C16H16N6O4S2. The van der Waals surface area contributed by atoms with Gasteiger partial charge in [-0.3, -0.25) is 0 Å². The Balaban J connectivity index is 1.91. The molecule has 0 amide bonds. The van der Waals surface area contributed by atoms with Crippen LogP contribution < -0.4 is 14.2 Å². The molecule has 12 heteroatoms. The summed E-state index contributed by atoms with van der Waals surface area (Å²) in [6, 6.07) is 3.49. The number of nitrogens with zero attached hydrogens (tertiary/aromatic N) is 4. The van der Waals surface area contributed by atoms with Gasteiger partial charge in [-0.1, -0.05) is 0 Å². The Morgan fingerprint density at radius 1 is 1.29 bits per heavy atom. The molecule has 3 aromatic heterocycles. The molecule has 3 heterocycles. The monoisotopic (exact) mass is 420 g/mol. The number of hydrogen-bond donors (Lipinski definition) is 2. The molecule has 0 unspecified atom stereocenters. The molecule has 0 aliphatic heterocycles. The van der Waals surface area contributed by atoms with Gasteiger partial charge in [0, 0.05) is 24.2 Å². The molecule has 0 aromatic carbocycles. The van der Waals surface area contributed by atoms with E-state index in [4.69, 9.17) is 14.7 Å². The van der Waals surface area contributed by atoms with Crippen LogP contribution in [0.25, 0.3) is 10.7 Å². The van der Waals surface area contributed by atoms with E-state index in [0.717, 1.165) is 0 Å². The smallest absolute Gasteiger partial charge is 0.265 e. The van der Waals surface area contributed by atoms with E-state index < -0.39 is 10.0 Å². The molecule has 2 N–H and O–H groups in total. The van der Waals surface area contributed by atoms with Gasteiger partial charge in [0.1, 0.15) is 9.90 Å². The molecule has 146 valence electrons. The molecule has 3 rings (SSSR count). The first-order valence-electron chi connectivity index (χ1n) is 7.95. The van der Waals surface area contributed by atoms with Crippen molar-refractivity contribution in [1.29, 1.82) is 5.26 Å². The number of sulfonamides is 1. The number of H-pyrrole nitrogens is 1. The summed E-state index contributed by atoms with van der Waals surface area (Å²) in [6.45, 7) is 0. The summed E-state index contributed by atoms with van der Waals surface area (Å²) in [4.78, 5) is 15.2. The molecule has 0 spiro atoms. The van der Waals surface area contributed by atoms with E-state index >= 15 is 0 Å². The summed E-state index contributed by atoms with van der Waals surface area (Å²) in [6.07, 6.45) is 3.51. The Morgan fingerprint density at radius 2 is 2.00 bits per heavy atom. The van der Waals surface area contributed by atoms with E-state index in [2.05, 4.69) is 24.7 Å². The molecule has 0 aliphatic carbocycles. The average Bonchev–Trinajstić information content (AvgIpc) is 3.37. The Labute approximate surface area is 165 Å². The molecule has 0 saturated carbocycles. The highest BCUT2D eigenvalue weighted by atomic mass is 32.2. The van der Waals surface area contributed by atoms with Crippen molar-refractivity contribution in [2.24, 2.45) is 0 Å². The molecular weight excluding hydrogens is 404 g/mol. The fourth-order valence-electron chi connectivity index (χ4n) is 2.41. The van der Waals surface area contributed by atoms with Gasteiger partial charge in [0.05, 0.1) is 31.5 Å². The molecule has 0 bridgehead atoms. The van der Waals surface area contributed by atoms with Gasteiger partial charge in [0.2, 0.25) is 17.7 Å². The van der Waals surface area contributed by atoms with E-state index in [9.17, 15) is 8.42 Å². The lowest BCUT2D eigenvalue weighted by Gasteiger charge is -2.13. The van der Waals surface area contributed by atoms with Gasteiger partial charge in [0.15, 0.2) is 0 Å². The van der Waals surface area contributed by atoms with Gasteiger partial charge in [-0.25, -0.2) is 18.1 Å². The van der Waals surface area contributed by atoms with E-state index in [0.29, 0.717) is 22.7 Å². The summed E-state index contributed by atoms with van der Waals surface area (Å²) >= 11 is 1.38. The zero-order valence-electron chi connectivity index (χ0n) is 15.0. The minimum absolute atomic E-state index is 0.00721. The molecule has 28 heavy (non-hydrogen) atoms. The number of thiazole rings is 1. The second-order valence-corrected chi connectivity index (χ2v) is 7.97. The van der Waals surface area contributed by atoms with Gasteiger partial charge in [-0.05, 0) is 12.5 Å². The molecule has 0 fully saturated rings. The molecule has 0 aliphatic rings. The van der Waals surface area contributed by atoms with Gasteiger partial charge < -0.3 is 14.5 Å². The quantitative estimate of drug-likeness (QED) is 0.564. The third-order valence-corrected chi connectivity index (χ3v) is 5.77. The first kappa shape index (κ1) is 19.6. The number of rotatable bonds is 8. The van der Waals surface area contributed by atoms with E-state index in [1.54, 1.807) is 11.6 Å². The average molecular weight is 420 g/mol. The highest BCUT2D eigenvalue weighted by Crippen LogP contribution is 2.29. The van der Waals surface area contributed by atoms with Gasteiger partial charge in [0.25, 0.3) is 10.0 Å². The van der Waals surface area contributed by atoms with Crippen molar-refractivity contribution < 1.29 is 17.9 Å². The lowest BCUT2D eigenvalue weighted by Crippen LogP contribution is -2.16. The third-order valence-electron chi connectivity index (χ3n) is 3.66. The van der Waals surface area contributed by atoms with Crippen LogP contribution in [0.4, 0.5) is 5.95 Å². The summed E-state index contributed by atoms with van der Waals surface area (Å²) in [5.41, 5.74) is 1.07. The number of nitrogens with one attached hydrogen (secondary N) is 2. The zero-order chi connectivity index (χ0) is 20.1. The summed E-state index contributed by atoms with van der Waals surface area (Å²) in [5, 5.41) is 11.3. The Hall–Kier alpha value is -3.17. The van der Waals surface area contributed by atoms with Crippen molar-refractivity contribution in [2.75, 3.05) is 18.9 Å². The minimum atomic E-state index is -3.96. The van der Waals surface area contributed by atoms with E-state index in [1.807, 2.05) is 6.07 Å². The Bertz CT molecular complexity index is 1080. The van der Waals surface area contributed by atoms with Gasteiger partial charge in [-0.15, -0.1) is 11.3 Å². The van der Waals surface area contributed by atoms with Crippen molar-refractivity contribution in [2.45, 2.75) is 17.7 Å². The zero-order valence-corrected chi connectivity index (χ0v) is 16.6. The maximum atomic E-state index is 12.7. The first-order valence-corrected chi connectivity index (χ1v) is 10.3. The SMILES string of the molecule is COc1nc(NS(=O)(=O)c2c[nH]c(-c3nccs3)c2)nc(OC)c1CCC#N. The molecule has 0 radical (unpaired) electrons. The summed E-state index contributed by atoms with van der Waals surface area (Å²) in [5.74, 6) is 0.0705. The number of ether oxygens (including phenoxy) is 2. The first-order chi connectivity index (χ1) is 13.5. The Kier molecular flexibility index (Phi) is 5.76. The predicted octanol–water partition coefficient (Wildman–Crippen LogP) is 2.20. The predicted molar refractivity (Wildman–Crippen MR) is 102 cm³/mol. The maximum Gasteiger partial charge on any atom is 0.265 e. The van der Waals surface area contributed by atoms with Crippen LogP contribution >= 0.6 is 11.3 Å². The van der Waals surface area contributed by atoms with Crippen molar-refractivity contribution in [1.82, 2.24) is 19.9 Å². The van der Waals surface area contributed by atoms with Crippen LogP contribution in [0.5, 0.6) is 11.8 Å². The number of nitriles is 1. The number of aromatic nitrogens is 4. The van der Waals surface area contributed by atoms with Crippen LogP contribution in [0.3, 0.4) is 0 Å². The molecule has 0 saturated heterocycles. The van der Waals surface area contributed by atoms with Crippen molar-refractivity contribution in [3.8, 4) is 28.5 Å². The van der Waals surface area contributed by atoms with E-state index in [1.165, 1.54) is 37.8 Å². The third kappa shape index (κ3) is 4.05. The van der Waals surface area contributed by atoms with Crippen LogP contribution in [0.2, 0.25) is 0 Å². The number of methoxy groups -OCH3 is 2. The fraction of sp³-hybridized carbons (Fsp3) is 0.250. The topological polar surface area (TPSA) is 143 Å². The second-order valence-electron chi connectivity index (χ2n) is 5.39. The van der Waals surface area contributed by atoms with Crippen molar-refractivity contribution >= 4 is 27.3 Å². The lowest BCUT2D eigenvalue weighted by atomic mass is 10.2. The maximum absolute atomic E-state index is 12.7. The largest absolute Gasteiger partial charge is 0.481 e. The summed E-state index contributed by atoms with van der Waals surface area (Å²) < 4.78 is 38.1. The normalized spacial score (nSPS) is 11.0. The number of anilines is 1. The van der Waals surface area contributed by atoms with Gasteiger partial charge in [-0.2, -0.15) is 15.2 Å². The van der Waals surface area contributed by atoms with Crippen molar-refractivity contribution in [3.05, 3.63) is 29.4 Å². The lowest BCUT2D eigenvalue weighted by molar-refractivity contribution is 0.364. The fourth-order valence-corrected chi connectivity index (χ4v) is 3.96. The van der Waals surface area contributed by atoms with Crippen LogP contribution in [0.1, 0.15) is 12.0 Å². The highest BCUT2D eigenvalue weighted by Gasteiger charge is 2.22. The van der Waals surface area contributed by atoms with E-state index in [-0.39, 0.29) is 29.0 Å². The van der Waals surface area contributed by atoms with Crippen molar-refractivity contribution in [3.63, 3.8) is 0 Å². The number of aromatic amines is 1. The minimum Gasteiger partial charge on any atom is -0.481 e. The van der Waals surface area contributed by atoms with Crippen LogP contribution in [-0.2, 0) is 16.4 Å². The molecule has 10 nitrogen and oxygen atoms in total. The summed E-state index contributed by atoms with van der Waals surface area (Å²) in [7, 11) is -1.17. The molecule has 3 aromatic rings. The van der Waals surface area contributed by atoms with Crippen LogP contribution in [0, 0.1) is 11.3 Å². The standard InChI is InChI=1S/C16H16N6O4S2/c1-25-13-11(4-3-5-17)14(26-2)21-16(20-13)22-28(23,24)10-8-12(19-9-10)15-18-6-7-27-15/h6-9,19H,3-4H2,1-2H3,(H,20,21,22). The Morgan fingerprint density at radius 3 is 2.57 bits per heavy atom. The van der Waals surface area contributed by atoms with Gasteiger partial charge >= 0.3 is 0 Å². The van der Waals surface area contributed by atoms with Crippen LogP contribution in [0.15, 0.2) is 28.7 Å².